The van der Waals surface area contributed by atoms with E-state index in [0.29, 0.717) is 32.4 Å². The number of hydrogen-bond acceptors (Lipinski definition) is 9. The van der Waals surface area contributed by atoms with Crippen molar-refractivity contribution in [1.82, 2.24) is 15.0 Å². The summed E-state index contributed by atoms with van der Waals surface area (Å²) in [6, 6.07) is 0.255. The number of nitrogens with one attached hydrogen (secondary N) is 1. The number of aromatic nitrogens is 3. The van der Waals surface area contributed by atoms with Crippen molar-refractivity contribution in [3.05, 3.63) is 0 Å². The van der Waals surface area contributed by atoms with Crippen LogP contribution in [0.25, 0.3) is 0 Å². The highest BCUT2D eigenvalue weighted by molar-refractivity contribution is 5.37. The van der Waals surface area contributed by atoms with Crippen LogP contribution in [-0.2, 0) is 9.47 Å². The molecule has 1 aliphatic rings. The van der Waals surface area contributed by atoms with Gasteiger partial charge in [0.25, 0.3) is 0 Å². The second-order valence-corrected chi connectivity index (χ2v) is 4.18. The number of ether oxygens (including phenoxy) is 3. The number of hydrazine groups is 1. The first-order valence-electron chi connectivity index (χ1n) is 6.50. The Balaban J connectivity index is 2.03. The molecular formula is C11H20N6O3. The molecule has 0 aromatic carbocycles. The molecular weight excluding hydrogens is 264 g/mol. The SMILES string of the molecule is COCCCOc1nc(NN)nc(N2CCOCC2)n1. The lowest BCUT2D eigenvalue weighted by molar-refractivity contribution is 0.122. The Hall–Kier alpha value is -1.71. The molecule has 20 heavy (non-hydrogen) atoms. The maximum absolute atomic E-state index is 5.49. The van der Waals surface area contributed by atoms with Gasteiger partial charge in [-0.25, -0.2) is 5.84 Å². The first-order valence-corrected chi connectivity index (χ1v) is 6.50. The van der Waals surface area contributed by atoms with E-state index in [4.69, 9.17) is 20.1 Å². The standard InChI is InChI=1S/C11H20N6O3/c1-18-5-2-6-20-11-14-9(16-12)13-10(15-11)17-3-7-19-8-4-17/h2-8,12H2,1H3,(H,13,14,15,16). The number of nitrogens with two attached hydrogens (primary N) is 1. The molecule has 0 atom stereocenters. The number of methoxy groups -OCH3 is 1. The number of anilines is 2. The summed E-state index contributed by atoms with van der Waals surface area (Å²) in [6.07, 6.45) is 0.764. The van der Waals surface area contributed by atoms with E-state index in [1.54, 1.807) is 7.11 Å². The van der Waals surface area contributed by atoms with Gasteiger partial charge in [0.2, 0.25) is 11.9 Å². The summed E-state index contributed by atoms with van der Waals surface area (Å²) in [7, 11) is 1.65. The number of morpholine rings is 1. The van der Waals surface area contributed by atoms with Crippen molar-refractivity contribution in [2.75, 3.05) is 57.0 Å². The molecule has 2 heterocycles. The van der Waals surface area contributed by atoms with Gasteiger partial charge in [0, 0.05) is 33.2 Å². The summed E-state index contributed by atoms with van der Waals surface area (Å²) in [6.45, 7) is 3.88. The van der Waals surface area contributed by atoms with Crippen LogP contribution < -0.4 is 20.9 Å². The number of rotatable bonds is 7. The first kappa shape index (κ1) is 14.7. The van der Waals surface area contributed by atoms with Crippen LogP contribution in [-0.4, -0.2) is 61.6 Å². The van der Waals surface area contributed by atoms with Crippen LogP contribution in [0.5, 0.6) is 6.01 Å². The third-order valence-corrected chi connectivity index (χ3v) is 2.75. The zero-order valence-electron chi connectivity index (χ0n) is 11.5. The van der Waals surface area contributed by atoms with Crippen molar-refractivity contribution in [3.63, 3.8) is 0 Å². The molecule has 1 aromatic heterocycles. The Labute approximate surface area is 117 Å². The van der Waals surface area contributed by atoms with E-state index in [-0.39, 0.29) is 12.0 Å². The predicted octanol–water partition coefficient (Wildman–Crippen LogP) is -0.591. The fraction of sp³-hybridized carbons (Fsp3) is 0.727. The molecule has 0 radical (unpaired) electrons. The van der Waals surface area contributed by atoms with Crippen LogP contribution in [0.15, 0.2) is 0 Å². The lowest BCUT2D eigenvalue weighted by atomic mass is 10.4. The number of nitrogens with zero attached hydrogens (tertiary/aromatic N) is 4. The average molecular weight is 284 g/mol. The highest BCUT2D eigenvalue weighted by atomic mass is 16.5. The number of hydrogen-bond donors (Lipinski definition) is 2. The molecule has 0 bridgehead atoms. The molecule has 0 aliphatic carbocycles. The summed E-state index contributed by atoms with van der Waals surface area (Å²) < 4.78 is 15.7. The van der Waals surface area contributed by atoms with Crippen LogP contribution in [0, 0.1) is 0 Å². The lowest BCUT2D eigenvalue weighted by Gasteiger charge is -2.26. The summed E-state index contributed by atoms with van der Waals surface area (Å²) in [4.78, 5) is 14.6. The Morgan fingerprint density at radius 1 is 1.25 bits per heavy atom. The fourth-order valence-corrected chi connectivity index (χ4v) is 1.75. The van der Waals surface area contributed by atoms with Crippen molar-refractivity contribution in [2.24, 2.45) is 5.84 Å². The van der Waals surface area contributed by atoms with Gasteiger partial charge in [-0.3, -0.25) is 5.43 Å². The van der Waals surface area contributed by atoms with Gasteiger partial charge in [-0.15, -0.1) is 0 Å². The Morgan fingerprint density at radius 2 is 2.05 bits per heavy atom. The van der Waals surface area contributed by atoms with Gasteiger partial charge in [0.15, 0.2) is 0 Å². The topological polar surface area (TPSA) is 108 Å². The van der Waals surface area contributed by atoms with Gasteiger partial charge >= 0.3 is 6.01 Å². The largest absolute Gasteiger partial charge is 0.463 e. The quantitative estimate of drug-likeness (QED) is 0.386. The van der Waals surface area contributed by atoms with E-state index in [1.165, 1.54) is 0 Å². The van der Waals surface area contributed by atoms with Gasteiger partial charge in [-0.1, -0.05) is 0 Å². The minimum Gasteiger partial charge on any atom is -0.463 e. The smallest absolute Gasteiger partial charge is 0.323 e. The van der Waals surface area contributed by atoms with Crippen LogP contribution in [0.4, 0.5) is 11.9 Å². The van der Waals surface area contributed by atoms with Crippen molar-refractivity contribution in [2.45, 2.75) is 6.42 Å². The van der Waals surface area contributed by atoms with Crippen molar-refractivity contribution in [1.29, 1.82) is 0 Å². The van der Waals surface area contributed by atoms with Gasteiger partial charge < -0.3 is 19.1 Å². The zero-order valence-corrected chi connectivity index (χ0v) is 11.5. The molecule has 1 aliphatic heterocycles. The molecule has 1 aromatic rings. The van der Waals surface area contributed by atoms with Crippen LogP contribution in [0.2, 0.25) is 0 Å². The summed E-state index contributed by atoms with van der Waals surface area (Å²) in [5.41, 5.74) is 2.42. The Morgan fingerprint density at radius 3 is 2.75 bits per heavy atom. The summed E-state index contributed by atoms with van der Waals surface area (Å²) in [5.74, 6) is 6.19. The molecule has 0 unspecified atom stereocenters. The van der Waals surface area contributed by atoms with Crippen molar-refractivity contribution in [3.8, 4) is 6.01 Å². The first-order chi connectivity index (χ1) is 9.83. The van der Waals surface area contributed by atoms with Crippen LogP contribution in [0.3, 0.4) is 0 Å². The molecule has 0 saturated carbocycles. The third kappa shape index (κ3) is 4.15. The van der Waals surface area contributed by atoms with Gasteiger partial charge in [0.1, 0.15) is 0 Å². The minimum absolute atomic E-state index is 0.255. The van der Waals surface area contributed by atoms with E-state index in [0.717, 1.165) is 19.5 Å². The van der Waals surface area contributed by atoms with Gasteiger partial charge in [0.05, 0.1) is 19.8 Å². The monoisotopic (exact) mass is 284 g/mol. The third-order valence-electron chi connectivity index (χ3n) is 2.75. The van der Waals surface area contributed by atoms with Crippen LogP contribution in [0.1, 0.15) is 6.42 Å². The normalized spacial score (nSPS) is 15.2. The maximum Gasteiger partial charge on any atom is 0.323 e. The molecule has 112 valence electrons. The molecule has 9 nitrogen and oxygen atoms in total. The van der Waals surface area contributed by atoms with E-state index >= 15 is 0 Å². The fourth-order valence-electron chi connectivity index (χ4n) is 1.75. The minimum atomic E-state index is 0.255. The Kier molecular flexibility index (Phi) is 5.71. The molecule has 2 rings (SSSR count). The van der Waals surface area contributed by atoms with Gasteiger partial charge in [-0.05, 0) is 0 Å². The molecule has 1 saturated heterocycles. The molecule has 1 fully saturated rings. The van der Waals surface area contributed by atoms with Gasteiger partial charge in [-0.2, -0.15) is 15.0 Å². The van der Waals surface area contributed by atoms with Crippen molar-refractivity contribution >= 4 is 11.9 Å². The second-order valence-electron chi connectivity index (χ2n) is 4.18. The predicted molar refractivity (Wildman–Crippen MR) is 72.7 cm³/mol. The van der Waals surface area contributed by atoms with E-state index in [2.05, 4.69) is 20.4 Å². The van der Waals surface area contributed by atoms with Crippen LogP contribution >= 0.6 is 0 Å². The summed E-state index contributed by atoms with van der Waals surface area (Å²) >= 11 is 0. The molecule has 0 amide bonds. The zero-order chi connectivity index (χ0) is 14.2. The highest BCUT2D eigenvalue weighted by Gasteiger charge is 2.16. The molecule has 3 N–H and O–H groups in total. The van der Waals surface area contributed by atoms with Crippen molar-refractivity contribution < 1.29 is 14.2 Å². The average Bonchev–Trinajstić information content (AvgIpc) is 2.52. The maximum atomic E-state index is 5.49. The van der Waals surface area contributed by atoms with E-state index in [1.807, 2.05) is 4.90 Å². The van der Waals surface area contributed by atoms with E-state index in [9.17, 15) is 0 Å². The Bertz CT molecular complexity index is 413. The molecule has 9 heteroatoms. The number of nitrogen functional groups attached to an aromatic ring is 1. The molecule has 0 spiro atoms. The summed E-state index contributed by atoms with van der Waals surface area (Å²) in [5, 5.41) is 0. The van der Waals surface area contributed by atoms with E-state index < -0.39 is 0 Å². The lowest BCUT2D eigenvalue weighted by Crippen LogP contribution is -2.37. The highest BCUT2D eigenvalue weighted by Crippen LogP contribution is 2.15. The second kappa shape index (κ2) is 7.78.